The van der Waals surface area contributed by atoms with E-state index in [4.69, 9.17) is 5.73 Å². The average molecular weight is 375 g/mol. The Morgan fingerprint density at radius 3 is 2.79 bits per heavy atom. The minimum absolute atomic E-state index is 0.130. The van der Waals surface area contributed by atoms with E-state index in [0.717, 1.165) is 41.9 Å². The van der Waals surface area contributed by atoms with Crippen molar-refractivity contribution in [3.63, 3.8) is 0 Å². The van der Waals surface area contributed by atoms with Gasteiger partial charge in [0.1, 0.15) is 5.69 Å². The molecule has 4 rings (SSSR count). The Kier molecular flexibility index (Phi) is 5.21. The summed E-state index contributed by atoms with van der Waals surface area (Å²) in [6.45, 7) is 2.73. The summed E-state index contributed by atoms with van der Waals surface area (Å²) in [7, 11) is 0. The van der Waals surface area contributed by atoms with Gasteiger partial charge in [0.2, 0.25) is 0 Å². The molecule has 1 fully saturated rings. The van der Waals surface area contributed by atoms with E-state index in [1.165, 1.54) is 6.42 Å². The van der Waals surface area contributed by atoms with Gasteiger partial charge in [-0.05, 0) is 49.4 Å². The zero-order valence-corrected chi connectivity index (χ0v) is 16.0. The molecule has 3 aromatic rings. The normalized spacial score (nSPS) is 18.9. The Balaban J connectivity index is 1.53. The maximum Gasteiger partial charge on any atom is 0.255 e. The van der Waals surface area contributed by atoms with Gasteiger partial charge >= 0.3 is 0 Å². The molecule has 1 saturated carbocycles. The number of nitrogens with two attached hydrogens (primary N) is 1. The molecule has 1 aliphatic carbocycles. The molecule has 0 spiro atoms. The van der Waals surface area contributed by atoms with Crippen LogP contribution in [0.25, 0.3) is 11.3 Å². The third kappa shape index (κ3) is 3.97. The third-order valence-electron chi connectivity index (χ3n) is 5.49. The second-order valence-electron chi connectivity index (χ2n) is 7.53. The highest BCUT2D eigenvalue weighted by Gasteiger charge is 2.24. The molecule has 3 N–H and O–H groups in total. The second kappa shape index (κ2) is 7.94. The van der Waals surface area contributed by atoms with Gasteiger partial charge < -0.3 is 11.1 Å². The molecule has 0 bridgehead atoms. The number of amides is 1. The highest BCUT2D eigenvalue weighted by Crippen LogP contribution is 2.26. The van der Waals surface area contributed by atoms with Crippen molar-refractivity contribution in [1.29, 1.82) is 0 Å². The highest BCUT2D eigenvalue weighted by atomic mass is 16.1. The molecule has 144 valence electrons. The number of hydrogen-bond donors (Lipinski definition) is 2. The van der Waals surface area contributed by atoms with Gasteiger partial charge in [-0.15, -0.1) is 5.10 Å². The Bertz CT molecular complexity index is 966. The van der Waals surface area contributed by atoms with Crippen LogP contribution in [0.2, 0.25) is 0 Å². The zero-order chi connectivity index (χ0) is 19.5. The number of hydrogen-bond acceptors (Lipinski definition) is 4. The van der Waals surface area contributed by atoms with Gasteiger partial charge in [-0.25, -0.2) is 0 Å². The number of aromatic nitrogens is 3. The summed E-state index contributed by atoms with van der Waals surface area (Å²) in [6.07, 6.45) is 5.36. The summed E-state index contributed by atoms with van der Waals surface area (Å²) in [6, 6.07) is 15.5. The smallest absolute Gasteiger partial charge is 0.255 e. The van der Waals surface area contributed by atoms with Crippen LogP contribution in [0.5, 0.6) is 0 Å². The van der Waals surface area contributed by atoms with Crippen molar-refractivity contribution in [2.75, 3.05) is 5.32 Å². The fourth-order valence-electron chi connectivity index (χ4n) is 3.80. The van der Waals surface area contributed by atoms with Crippen molar-refractivity contribution in [3.8, 4) is 11.3 Å². The number of benzene rings is 2. The summed E-state index contributed by atoms with van der Waals surface area (Å²) in [5.74, 6) is 0.328. The summed E-state index contributed by atoms with van der Waals surface area (Å²) < 4.78 is 1.87. The summed E-state index contributed by atoms with van der Waals surface area (Å²) in [5.41, 5.74) is 10.1. The molecule has 0 radical (unpaired) electrons. The average Bonchev–Trinajstić information content (AvgIpc) is 3.33. The summed E-state index contributed by atoms with van der Waals surface area (Å²) in [4.78, 5) is 12.7. The number of carbonyl (C=O) groups excluding carboxylic acids is 1. The number of nitrogens with one attached hydrogen (secondary N) is 1. The fraction of sp³-hybridized carbons (Fsp3) is 0.318. The summed E-state index contributed by atoms with van der Waals surface area (Å²) in [5, 5.41) is 11.5. The number of para-hydroxylation sites is 1. The standard InChI is InChI=1S/C22H25N5O/c1-15-10-11-16(12-19(15)22(28)24-18-7-3-2-4-8-18)21-14-27(26-25-21)13-17-6-5-9-20(17)23/h2-4,7-8,10-12,14,17,20H,5-6,9,13,23H2,1H3,(H,24,28)/t17-,20-/m0/s1. The van der Waals surface area contributed by atoms with Gasteiger partial charge in [0.15, 0.2) is 0 Å². The number of carbonyl (C=O) groups is 1. The maximum atomic E-state index is 12.7. The van der Waals surface area contributed by atoms with E-state index in [1.54, 1.807) is 0 Å². The van der Waals surface area contributed by atoms with Gasteiger partial charge in [0.05, 0.1) is 6.20 Å². The van der Waals surface area contributed by atoms with E-state index >= 15 is 0 Å². The molecule has 6 heteroatoms. The Labute approximate surface area is 164 Å². The quantitative estimate of drug-likeness (QED) is 0.713. The molecular formula is C22H25N5O. The van der Waals surface area contributed by atoms with E-state index < -0.39 is 0 Å². The van der Waals surface area contributed by atoms with Crippen molar-refractivity contribution >= 4 is 11.6 Å². The minimum Gasteiger partial charge on any atom is -0.327 e. The number of anilines is 1. The van der Waals surface area contributed by atoms with Crippen molar-refractivity contribution in [3.05, 3.63) is 65.9 Å². The largest absolute Gasteiger partial charge is 0.327 e. The molecule has 0 saturated heterocycles. The molecular weight excluding hydrogens is 350 g/mol. The Hall–Kier alpha value is -2.99. The van der Waals surface area contributed by atoms with Gasteiger partial charge in [-0.3, -0.25) is 9.48 Å². The topological polar surface area (TPSA) is 85.8 Å². The predicted molar refractivity (Wildman–Crippen MR) is 110 cm³/mol. The second-order valence-corrected chi connectivity index (χ2v) is 7.53. The van der Waals surface area contributed by atoms with Crippen LogP contribution < -0.4 is 11.1 Å². The first-order valence-electron chi connectivity index (χ1n) is 9.73. The lowest BCUT2D eigenvalue weighted by atomic mass is 10.0. The van der Waals surface area contributed by atoms with Crippen LogP contribution in [-0.2, 0) is 6.54 Å². The fourth-order valence-corrected chi connectivity index (χ4v) is 3.80. The molecule has 28 heavy (non-hydrogen) atoms. The maximum absolute atomic E-state index is 12.7. The van der Waals surface area contributed by atoms with Crippen molar-refractivity contribution < 1.29 is 4.79 Å². The van der Waals surface area contributed by atoms with Gasteiger partial charge in [0, 0.05) is 29.4 Å². The first-order valence-corrected chi connectivity index (χ1v) is 9.73. The van der Waals surface area contributed by atoms with E-state index in [0.29, 0.717) is 11.5 Å². The molecule has 0 aliphatic heterocycles. The van der Waals surface area contributed by atoms with Gasteiger partial charge in [-0.1, -0.05) is 42.0 Å². The lowest BCUT2D eigenvalue weighted by molar-refractivity contribution is 0.102. The van der Waals surface area contributed by atoms with Crippen LogP contribution >= 0.6 is 0 Å². The molecule has 1 aromatic heterocycles. The third-order valence-corrected chi connectivity index (χ3v) is 5.49. The van der Waals surface area contributed by atoms with Crippen LogP contribution in [0.1, 0.15) is 35.2 Å². The number of nitrogens with zero attached hydrogens (tertiary/aromatic N) is 3. The molecule has 1 heterocycles. The molecule has 2 atom stereocenters. The van der Waals surface area contributed by atoms with Crippen LogP contribution in [0.3, 0.4) is 0 Å². The SMILES string of the molecule is Cc1ccc(-c2cn(C[C@@H]3CCC[C@@H]3N)nn2)cc1C(=O)Nc1ccccc1. The molecule has 6 nitrogen and oxygen atoms in total. The molecule has 2 aromatic carbocycles. The predicted octanol–water partition coefficient (Wildman–Crippen LogP) is 3.63. The monoisotopic (exact) mass is 375 g/mol. The molecule has 0 unspecified atom stereocenters. The first-order chi connectivity index (χ1) is 13.6. The van der Waals surface area contributed by atoms with Crippen molar-refractivity contribution in [1.82, 2.24) is 15.0 Å². The molecule has 1 aliphatic rings. The Morgan fingerprint density at radius 2 is 2.04 bits per heavy atom. The first kappa shape index (κ1) is 18.4. The highest BCUT2D eigenvalue weighted by molar-refractivity contribution is 6.05. The van der Waals surface area contributed by atoms with Crippen molar-refractivity contribution in [2.45, 2.75) is 38.8 Å². The van der Waals surface area contributed by atoms with Crippen molar-refractivity contribution in [2.24, 2.45) is 11.7 Å². The Morgan fingerprint density at radius 1 is 1.21 bits per heavy atom. The zero-order valence-electron chi connectivity index (χ0n) is 16.0. The minimum atomic E-state index is -0.130. The number of rotatable bonds is 5. The van der Waals surface area contributed by atoms with E-state index in [1.807, 2.05) is 66.3 Å². The van der Waals surface area contributed by atoms with E-state index in [-0.39, 0.29) is 11.9 Å². The van der Waals surface area contributed by atoms with Crippen LogP contribution in [0.15, 0.2) is 54.7 Å². The van der Waals surface area contributed by atoms with Crippen LogP contribution in [-0.4, -0.2) is 26.9 Å². The molecule has 1 amide bonds. The van der Waals surface area contributed by atoms with Gasteiger partial charge in [0.25, 0.3) is 5.91 Å². The van der Waals surface area contributed by atoms with E-state index in [9.17, 15) is 4.79 Å². The number of aryl methyl sites for hydroxylation is 1. The lowest BCUT2D eigenvalue weighted by Gasteiger charge is -2.14. The summed E-state index contributed by atoms with van der Waals surface area (Å²) >= 11 is 0. The van der Waals surface area contributed by atoms with Crippen LogP contribution in [0.4, 0.5) is 5.69 Å². The lowest BCUT2D eigenvalue weighted by Crippen LogP contribution is -2.28. The van der Waals surface area contributed by atoms with Gasteiger partial charge in [-0.2, -0.15) is 0 Å². The van der Waals surface area contributed by atoms with E-state index in [2.05, 4.69) is 15.6 Å². The van der Waals surface area contributed by atoms with Crippen LogP contribution in [0, 0.1) is 12.8 Å².